The Morgan fingerprint density at radius 3 is 2.51 bits per heavy atom. The van der Waals surface area contributed by atoms with E-state index in [9.17, 15) is 9.59 Å². The summed E-state index contributed by atoms with van der Waals surface area (Å²) in [7, 11) is 0. The molecule has 3 saturated heterocycles. The van der Waals surface area contributed by atoms with Crippen LogP contribution in [0, 0.1) is 0 Å². The quantitative estimate of drug-likeness (QED) is 0.399. The number of hydrogen-bond donors (Lipinski definition) is 2. The molecule has 3 aliphatic heterocycles. The average Bonchev–Trinajstić information content (AvgIpc) is 3.45. The minimum atomic E-state index is -0.382. The summed E-state index contributed by atoms with van der Waals surface area (Å²) in [5, 5.41) is 4.05. The van der Waals surface area contributed by atoms with Crippen LogP contribution >= 0.6 is 11.3 Å². The molecule has 3 fully saturated rings. The number of esters is 1. The van der Waals surface area contributed by atoms with E-state index in [0.717, 1.165) is 60.5 Å². The molecule has 3 aromatic rings. The van der Waals surface area contributed by atoms with E-state index < -0.39 is 0 Å². The molecule has 0 atom stereocenters. The van der Waals surface area contributed by atoms with Crippen LogP contribution in [0.1, 0.15) is 42.6 Å². The summed E-state index contributed by atoms with van der Waals surface area (Å²) in [6.07, 6.45) is 4.62. The average molecular weight is 581 g/mol. The molecule has 6 heterocycles. The summed E-state index contributed by atoms with van der Waals surface area (Å²) >= 11 is 1.59. The van der Waals surface area contributed by atoms with E-state index in [0.29, 0.717) is 56.2 Å². The van der Waals surface area contributed by atoms with Crippen LogP contribution in [0.15, 0.2) is 24.3 Å². The Morgan fingerprint density at radius 2 is 1.76 bits per heavy atom. The second-order valence-corrected chi connectivity index (χ2v) is 11.5. The number of piperidine rings is 2. The first-order chi connectivity index (χ1) is 20.1. The zero-order chi connectivity index (χ0) is 28.2. The summed E-state index contributed by atoms with van der Waals surface area (Å²) in [5.41, 5.74) is 7.09. The molecule has 41 heavy (non-hydrogen) atoms. The summed E-state index contributed by atoms with van der Waals surface area (Å²) in [6.45, 7) is 6.03. The van der Waals surface area contributed by atoms with Crippen molar-refractivity contribution in [3.63, 3.8) is 0 Å². The molecule has 0 bridgehead atoms. The highest BCUT2D eigenvalue weighted by Gasteiger charge is 2.25. The number of carbonyl (C=O) groups is 2. The van der Waals surface area contributed by atoms with Crippen molar-refractivity contribution in [2.24, 2.45) is 5.73 Å². The topological polar surface area (TPSA) is 139 Å². The maximum absolute atomic E-state index is 13.5. The van der Waals surface area contributed by atoms with Crippen molar-refractivity contribution in [1.82, 2.24) is 15.0 Å². The molecule has 0 radical (unpaired) electrons. The van der Waals surface area contributed by atoms with Crippen molar-refractivity contribution in [2.45, 2.75) is 38.2 Å². The molecule has 6 rings (SSSR count). The lowest BCUT2D eigenvalue weighted by atomic mass is 10.1. The highest BCUT2D eigenvalue weighted by molar-refractivity contribution is 7.22. The maximum atomic E-state index is 13.5. The largest absolute Gasteiger partial charge is 0.461 e. The van der Waals surface area contributed by atoms with E-state index in [-0.39, 0.29) is 24.5 Å². The number of nitrogens with zero attached hydrogens (tertiary/aromatic N) is 6. The summed E-state index contributed by atoms with van der Waals surface area (Å²) < 4.78 is 11.8. The van der Waals surface area contributed by atoms with Crippen LogP contribution in [0.2, 0.25) is 0 Å². The summed E-state index contributed by atoms with van der Waals surface area (Å²) in [4.78, 5) is 46.2. The standard InChI is InChI=1S/C28H36N8O4S/c29-18-24(37)40-19-7-11-34(12-8-19)23-6-4-5-20(30-23)27(38)31-21-17-22-25(32-26(21)35-9-2-1-3-10-35)33-28(41-22)36-13-15-39-16-14-36/h4-6,17,19H,1-3,7-16,18,29H2,(H,31,38). The van der Waals surface area contributed by atoms with Gasteiger partial charge in [0.2, 0.25) is 0 Å². The lowest BCUT2D eigenvalue weighted by molar-refractivity contribution is -0.148. The van der Waals surface area contributed by atoms with Crippen molar-refractivity contribution in [3.05, 3.63) is 30.0 Å². The Hall–Kier alpha value is -3.55. The van der Waals surface area contributed by atoms with Gasteiger partial charge in [0.15, 0.2) is 16.6 Å². The van der Waals surface area contributed by atoms with Gasteiger partial charge in [-0.15, -0.1) is 0 Å². The van der Waals surface area contributed by atoms with E-state index >= 15 is 0 Å². The van der Waals surface area contributed by atoms with Crippen LogP contribution in [0.4, 0.5) is 22.5 Å². The Bertz CT molecular complexity index is 1380. The van der Waals surface area contributed by atoms with Crippen LogP contribution in [0.25, 0.3) is 10.3 Å². The molecule has 0 saturated carbocycles. The lowest BCUT2D eigenvalue weighted by Crippen LogP contribution is -2.39. The molecule has 0 aromatic carbocycles. The fraction of sp³-hybridized carbons (Fsp3) is 0.536. The molecule has 0 aliphatic carbocycles. The van der Waals surface area contributed by atoms with Gasteiger partial charge in [0.1, 0.15) is 17.6 Å². The molecular formula is C28H36N8O4S. The van der Waals surface area contributed by atoms with Gasteiger partial charge in [-0.05, 0) is 37.5 Å². The number of rotatable bonds is 7. The van der Waals surface area contributed by atoms with Crippen LogP contribution in [0.3, 0.4) is 0 Å². The Labute approximate surface area is 242 Å². The van der Waals surface area contributed by atoms with Crippen LogP contribution in [-0.2, 0) is 14.3 Å². The number of nitrogens with two attached hydrogens (primary N) is 1. The van der Waals surface area contributed by atoms with Gasteiger partial charge < -0.3 is 35.2 Å². The van der Waals surface area contributed by atoms with E-state index in [2.05, 4.69) is 25.0 Å². The first-order valence-corrected chi connectivity index (χ1v) is 15.2. The number of pyridine rings is 2. The number of fused-ring (bicyclic) bond motifs is 1. The number of ether oxygens (including phenoxy) is 2. The first kappa shape index (κ1) is 27.6. The van der Waals surface area contributed by atoms with Crippen LogP contribution in [-0.4, -0.2) is 92.0 Å². The third kappa shape index (κ3) is 6.36. The minimum Gasteiger partial charge on any atom is -0.461 e. The van der Waals surface area contributed by atoms with Crippen molar-refractivity contribution in [2.75, 3.05) is 79.0 Å². The van der Waals surface area contributed by atoms with Crippen LogP contribution < -0.4 is 25.8 Å². The molecule has 3 aromatic heterocycles. The fourth-order valence-corrected chi connectivity index (χ4v) is 6.52. The van der Waals surface area contributed by atoms with E-state index in [1.807, 2.05) is 18.2 Å². The normalized spacial score (nSPS) is 18.5. The van der Waals surface area contributed by atoms with Crippen molar-refractivity contribution >= 4 is 56.0 Å². The molecule has 3 aliphatic rings. The van der Waals surface area contributed by atoms with Crippen molar-refractivity contribution in [3.8, 4) is 0 Å². The highest BCUT2D eigenvalue weighted by Crippen LogP contribution is 2.35. The Morgan fingerprint density at radius 1 is 0.976 bits per heavy atom. The number of morpholine rings is 1. The zero-order valence-corrected chi connectivity index (χ0v) is 23.9. The molecule has 0 spiro atoms. The Balaban J connectivity index is 1.21. The molecule has 3 N–H and O–H groups in total. The number of aromatic nitrogens is 3. The predicted molar refractivity (Wildman–Crippen MR) is 159 cm³/mol. The molecule has 13 heteroatoms. The minimum absolute atomic E-state index is 0.112. The summed E-state index contributed by atoms with van der Waals surface area (Å²) in [6, 6.07) is 7.48. The molecule has 0 unspecified atom stereocenters. The molecule has 218 valence electrons. The predicted octanol–water partition coefficient (Wildman–Crippen LogP) is 2.64. The highest BCUT2D eigenvalue weighted by atomic mass is 32.1. The summed E-state index contributed by atoms with van der Waals surface area (Å²) in [5.74, 6) is 0.821. The molecule has 12 nitrogen and oxygen atoms in total. The number of anilines is 4. The number of carbonyl (C=O) groups excluding carboxylic acids is 2. The fourth-order valence-electron chi connectivity index (χ4n) is 5.52. The van der Waals surface area contributed by atoms with E-state index in [4.69, 9.17) is 25.2 Å². The van der Waals surface area contributed by atoms with Crippen LogP contribution in [0.5, 0.6) is 0 Å². The second kappa shape index (κ2) is 12.5. The van der Waals surface area contributed by atoms with Gasteiger partial charge >= 0.3 is 5.97 Å². The number of thiazole rings is 1. The van der Waals surface area contributed by atoms with Gasteiger partial charge in [0.25, 0.3) is 5.91 Å². The van der Waals surface area contributed by atoms with E-state index in [1.165, 1.54) is 6.42 Å². The third-order valence-corrected chi connectivity index (χ3v) is 8.79. The van der Waals surface area contributed by atoms with Gasteiger partial charge in [-0.2, -0.15) is 4.98 Å². The van der Waals surface area contributed by atoms with Gasteiger partial charge in [-0.1, -0.05) is 17.4 Å². The van der Waals surface area contributed by atoms with Gasteiger partial charge in [-0.3, -0.25) is 9.59 Å². The second-order valence-electron chi connectivity index (χ2n) is 10.5. The third-order valence-electron chi connectivity index (χ3n) is 7.73. The molecule has 1 amide bonds. The van der Waals surface area contributed by atoms with Gasteiger partial charge in [0, 0.05) is 52.1 Å². The maximum Gasteiger partial charge on any atom is 0.319 e. The zero-order valence-electron chi connectivity index (χ0n) is 23.1. The monoisotopic (exact) mass is 580 g/mol. The Kier molecular flexibility index (Phi) is 8.44. The smallest absolute Gasteiger partial charge is 0.319 e. The lowest BCUT2D eigenvalue weighted by Gasteiger charge is -2.32. The SMILES string of the molecule is NCC(=O)OC1CCN(c2cccc(C(=O)Nc3cc4sc(N5CCOCC5)nc4nc3N3CCCCC3)n2)CC1. The number of amides is 1. The van der Waals surface area contributed by atoms with Crippen molar-refractivity contribution < 1.29 is 19.1 Å². The van der Waals surface area contributed by atoms with E-state index in [1.54, 1.807) is 17.4 Å². The first-order valence-electron chi connectivity index (χ1n) is 14.4. The van der Waals surface area contributed by atoms with Gasteiger partial charge in [-0.25, -0.2) is 9.97 Å². The number of nitrogens with one attached hydrogen (secondary N) is 1. The molecular weight excluding hydrogens is 544 g/mol. The number of hydrogen-bond acceptors (Lipinski definition) is 12. The van der Waals surface area contributed by atoms with Gasteiger partial charge in [0.05, 0.1) is 30.1 Å². The van der Waals surface area contributed by atoms with Crippen molar-refractivity contribution in [1.29, 1.82) is 0 Å².